The van der Waals surface area contributed by atoms with E-state index >= 15 is 0 Å². The lowest BCUT2D eigenvalue weighted by Crippen LogP contribution is -2.39. The van der Waals surface area contributed by atoms with Crippen LogP contribution in [-0.4, -0.2) is 52.8 Å². The zero-order chi connectivity index (χ0) is 24.2. The van der Waals surface area contributed by atoms with Gasteiger partial charge in [-0.1, -0.05) is 36.2 Å². The number of carbonyl (C=O) groups excluding carboxylic acids is 1. The molecule has 2 aliphatic rings. The van der Waals surface area contributed by atoms with Crippen LogP contribution in [0.5, 0.6) is 5.75 Å². The molecule has 0 atom stereocenters. The third-order valence-electron chi connectivity index (χ3n) is 6.37. The summed E-state index contributed by atoms with van der Waals surface area (Å²) >= 11 is 4.97. The number of amides is 1. The molecule has 0 unspecified atom stereocenters. The Bertz CT molecular complexity index is 1280. The summed E-state index contributed by atoms with van der Waals surface area (Å²) < 4.78 is 11.9. The molecule has 0 bridgehead atoms. The van der Waals surface area contributed by atoms with Gasteiger partial charge in [0.15, 0.2) is 5.76 Å². The molecule has 0 spiro atoms. The topological polar surface area (TPSA) is 87.0 Å². The number of piperidine rings is 1. The standard InChI is InChI=1S/C27H27N3O4S/c31-26(28-13-1-2-18-3-5-19(6-4-18)27(35)29-32)25-17-20-16-23(9-10-24(20)34-25)33-22-11-14-30(15-12-22)21-7-8-21/h3-6,9-10,16-17,21-22,32H,7-8,11-15H2,(H,28,31)(H,29,35). The molecule has 180 valence electrons. The quantitative estimate of drug-likeness (QED) is 0.275. The molecular weight excluding hydrogens is 462 g/mol. The van der Waals surface area contributed by atoms with Crippen LogP contribution in [0.2, 0.25) is 0 Å². The second-order valence-corrected chi connectivity index (χ2v) is 9.31. The highest BCUT2D eigenvalue weighted by Crippen LogP contribution is 2.31. The van der Waals surface area contributed by atoms with Crippen molar-refractivity contribution in [2.24, 2.45) is 0 Å². The minimum Gasteiger partial charge on any atom is -0.490 e. The summed E-state index contributed by atoms with van der Waals surface area (Å²) in [5, 5.41) is 12.5. The molecule has 0 radical (unpaired) electrons. The number of hydrogen-bond acceptors (Lipinski definition) is 6. The molecule has 1 saturated heterocycles. The van der Waals surface area contributed by atoms with Gasteiger partial charge in [-0.2, -0.15) is 0 Å². The number of hydrogen-bond donors (Lipinski definition) is 3. The molecule has 1 aliphatic heterocycles. The van der Waals surface area contributed by atoms with Crippen LogP contribution in [0.3, 0.4) is 0 Å². The van der Waals surface area contributed by atoms with Gasteiger partial charge in [0.1, 0.15) is 22.4 Å². The number of fused-ring (bicyclic) bond motifs is 1. The van der Waals surface area contributed by atoms with E-state index in [0.717, 1.165) is 48.7 Å². The van der Waals surface area contributed by atoms with E-state index in [2.05, 4.69) is 22.1 Å². The van der Waals surface area contributed by atoms with E-state index in [1.54, 1.807) is 30.3 Å². The molecule has 1 saturated carbocycles. The van der Waals surface area contributed by atoms with E-state index in [9.17, 15) is 4.79 Å². The van der Waals surface area contributed by atoms with Gasteiger partial charge in [-0.05, 0) is 62.1 Å². The van der Waals surface area contributed by atoms with E-state index in [1.807, 2.05) is 23.7 Å². The van der Waals surface area contributed by atoms with Crippen LogP contribution in [0.1, 0.15) is 47.4 Å². The van der Waals surface area contributed by atoms with E-state index in [4.69, 9.17) is 26.6 Å². The number of nitrogens with one attached hydrogen (secondary N) is 2. The van der Waals surface area contributed by atoms with Crippen LogP contribution in [0.25, 0.3) is 11.0 Å². The van der Waals surface area contributed by atoms with E-state index < -0.39 is 0 Å². The number of thiocarbonyl (C=S) groups is 1. The summed E-state index contributed by atoms with van der Waals surface area (Å²) in [6, 6.07) is 15.3. The van der Waals surface area contributed by atoms with Crippen molar-refractivity contribution >= 4 is 34.1 Å². The van der Waals surface area contributed by atoms with Gasteiger partial charge in [-0.3, -0.25) is 15.5 Å². The molecule has 5 rings (SSSR count). The van der Waals surface area contributed by atoms with Crippen LogP contribution in [0.4, 0.5) is 0 Å². The van der Waals surface area contributed by atoms with Gasteiger partial charge in [-0.25, -0.2) is 0 Å². The minimum atomic E-state index is -0.319. The average molecular weight is 490 g/mol. The fourth-order valence-electron chi connectivity index (χ4n) is 4.32. The third-order valence-corrected chi connectivity index (χ3v) is 6.70. The number of benzene rings is 2. The molecule has 3 aromatic rings. The highest BCUT2D eigenvalue weighted by atomic mass is 32.1. The van der Waals surface area contributed by atoms with Crippen LogP contribution in [0.15, 0.2) is 52.9 Å². The zero-order valence-corrected chi connectivity index (χ0v) is 20.1. The normalized spacial score (nSPS) is 16.4. The van der Waals surface area contributed by atoms with Crippen molar-refractivity contribution in [3.8, 4) is 17.6 Å². The number of furan rings is 1. The summed E-state index contributed by atoms with van der Waals surface area (Å²) in [7, 11) is 0. The highest BCUT2D eigenvalue weighted by molar-refractivity contribution is 7.80. The number of rotatable bonds is 6. The van der Waals surface area contributed by atoms with Gasteiger partial charge >= 0.3 is 0 Å². The second kappa shape index (κ2) is 10.5. The largest absolute Gasteiger partial charge is 0.490 e. The van der Waals surface area contributed by atoms with Gasteiger partial charge in [0.2, 0.25) is 0 Å². The first-order valence-corrected chi connectivity index (χ1v) is 12.3. The first-order chi connectivity index (χ1) is 17.1. The fraction of sp³-hybridized carbons (Fsp3) is 0.333. The number of nitrogens with zero attached hydrogens (tertiary/aromatic N) is 1. The van der Waals surface area contributed by atoms with Crippen LogP contribution < -0.4 is 15.5 Å². The Hall–Kier alpha value is -3.38. The summed E-state index contributed by atoms with van der Waals surface area (Å²) in [6.07, 6.45) is 5.02. The van der Waals surface area contributed by atoms with Crippen LogP contribution in [0, 0.1) is 11.8 Å². The fourth-order valence-corrected chi connectivity index (χ4v) is 4.46. The van der Waals surface area contributed by atoms with Gasteiger partial charge in [0, 0.05) is 35.6 Å². The monoisotopic (exact) mass is 489 g/mol. The predicted molar refractivity (Wildman–Crippen MR) is 137 cm³/mol. The van der Waals surface area contributed by atoms with Crippen molar-refractivity contribution in [1.29, 1.82) is 0 Å². The summed E-state index contributed by atoms with van der Waals surface area (Å²) in [4.78, 5) is 15.3. The molecule has 2 fully saturated rings. The highest BCUT2D eigenvalue weighted by Gasteiger charge is 2.32. The maximum Gasteiger partial charge on any atom is 0.287 e. The lowest BCUT2D eigenvalue weighted by molar-refractivity contribution is 0.0933. The molecule has 1 amide bonds. The van der Waals surface area contributed by atoms with Gasteiger partial charge in [0.25, 0.3) is 5.91 Å². The van der Waals surface area contributed by atoms with Crippen molar-refractivity contribution < 1.29 is 19.2 Å². The van der Waals surface area contributed by atoms with Gasteiger partial charge in [0.05, 0.1) is 6.54 Å². The maximum absolute atomic E-state index is 12.5. The van der Waals surface area contributed by atoms with Crippen LogP contribution in [-0.2, 0) is 0 Å². The molecule has 2 aromatic carbocycles. The van der Waals surface area contributed by atoms with E-state index in [1.165, 1.54) is 12.8 Å². The molecule has 1 aliphatic carbocycles. The van der Waals surface area contributed by atoms with Crippen LogP contribution >= 0.6 is 12.2 Å². The Balaban J connectivity index is 1.14. The number of ether oxygens (including phenoxy) is 1. The Morgan fingerprint density at radius 3 is 2.60 bits per heavy atom. The van der Waals surface area contributed by atoms with Crippen molar-refractivity contribution in [2.75, 3.05) is 19.6 Å². The van der Waals surface area contributed by atoms with Gasteiger partial charge in [-0.15, -0.1) is 0 Å². The van der Waals surface area contributed by atoms with Gasteiger partial charge < -0.3 is 19.4 Å². The van der Waals surface area contributed by atoms with Crippen molar-refractivity contribution in [1.82, 2.24) is 15.7 Å². The Labute approximate surface area is 209 Å². The summed E-state index contributed by atoms with van der Waals surface area (Å²) in [6.45, 7) is 2.40. The first-order valence-electron chi connectivity index (χ1n) is 11.8. The Morgan fingerprint density at radius 1 is 1.11 bits per heavy atom. The molecule has 8 heteroatoms. The van der Waals surface area contributed by atoms with Crippen molar-refractivity contribution in [2.45, 2.75) is 37.8 Å². The Morgan fingerprint density at radius 2 is 1.89 bits per heavy atom. The second-order valence-electron chi connectivity index (χ2n) is 8.90. The first kappa shape index (κ1) is 23.4. The molecule has 2 heterocycles. The smallest absolute Gasteiger partial charge is 0.287 e. The molecular formula is C27H27N3O4S. The van der Waals surface area contributed by atoms with Crippen molar-refractivity contribution in [3.63, 3.8) is 0 Å². The average Bonchev–Trinajstić information content (AvgIpc) is 3.65. The number of hydroxylamine groups is 1. The lowest BCUT2D eigenvalue weighted by Gasteiger charge is -2.32. The van der Waals surface area contributed by atoms with E-state index in [0.29, 0.717) is 11.1 Å². The molecule has 7 nitrogen and oxygen atoms in total. The SMILES string of the molecule is O=C(NCC#Cc1ccc(C(=S)NO)cc1)c1cc2cc(OC3CCN(C4CC4)CC3)ccc2o1. The zero-order valence-electron chi connectivity index (χ0n) is 19.3. The summed E-state index contributed by atoms with van der Waals surface area (Å²) in [5.74, 6) is 6.63. The predicted octanol–water partition coefficient (Wildman–Crippen LogP) is 3.87. The molecule has 3 N–H and O–H groups in total. The molecule has 1 aromatic heterocycles. The number of likely N-dealkylation sites (tertiary alicyclic amines) is 1. The minimum absolute atomic E-state index is 0.183. The Kier molecular flexibility index (Phi) is 7.00. The molecule has 35 heavy (non-hydrogen) atoms. The van der Waals surface area contributed by atoms with E-state index in [-0.39, 0.29) is 29.3 Å². The van der Waals surface area contributed by atoms with Crippen molar-refractivity contribution in [3.05, 3.63) is 65.4 Å². The number of carbonyl (C=O) groups is 1. The maximum atomic E-state index is 12.5. The summed E-state index contributed by atoms with van der Waals surface area (Å²) in [5.41, 5.74) is 4.06. The third kappa shape index (κ3) is 5.82. The lowest BCUT2D eigenvalue weighted by atomic mass is 10.1.